The van der Waals surface area contributed by atoms with Crippen molar-refractivity contribution in [3.63, 3.8) is 0 Å². The van der Waals surface area contributed by atoms with Crippen LogP contribution in [0.3, 0.4) is 0 Å². The topological polar surface area (TPSA) is 46.2 Å². The molecule has 1 saturated carbocycles. The highest BCUT2D eigenvalue weighted by atomic mass is 32.2. The van der Waals surface area contributed by atoms with Gasteiger partial charge in [0, 0.05) is 12.1 Å². The van der Waals surface area contributed by atoms with E-state index < -0.39 is 9.84 Å². The Bertz CT molecular complexity index is 394. The van der Waals surface area contributed by atoms with Crippen LogP contribution in [0.5, 0.6) is 0 Å². The summed E-state index contributed by atoms with van der Waals surface area (Å²) in [4.78, 5) is 0. The Morgan fingerprint density at radius 2 is 1.68 bits per heavy atom. The third-order valence-corrected chi connectivity index (χ3v) is 7.22. The van der Waals surface area contributed by atoms with Crippen LogP contribution in [0, 0.1) is 11.3 Å². The third kappa shape index (κ3) is 3.94. The van der Waals surface area contributed by atoms with Crippen LogP contribution < -0.4 is 5.32 Å². The van der Waals surface area contributed by atoms with Crippen molar-refractivity contribution in [1.82, 2.24) is 5.32 Å². The minimum Gasteiger partial charge on any atom is -0.310 e. The van der Waals surface area contributed by atoms with Crippen molar-refractivity contribution < 1.29 is 8.42 Å². The van der Waals surface area contributed by atoms with Gasteiger partial charge in [0.25, 0.3) is 0 Å². The number of hydrogen-bond donors (Lipinski definition) is 1. The van der Waals surface area contributed by atoms with E-state index in [2.05, 4.69) is 26.1 Å². The molecule has 1 N–H and O–H groups in total. The summed E-state index contributed by atoms with van der Waals surface area (Å²) in [5.41, 5.74) is 0.460. The van der Waals surface area contributed by atoms with E-state index in [1.54, 1.807) is 0 Å². The van der Waals surface area contributed by atoms with Gasteiger partial charge in [-0.05, 0) is 43.4 Å². The molecule has 0 bridgehead atoms. The smallest absolute Gasteiger partial charge is 0.151 e. The molecule has 0 radical (unpaired) electrons. The monoisotopic (exact) mass is 287 g/mol. The quantitative estimate of drug-likeness (QED) is 0.865. The van der Waals surface area contributed by atoms with Crippen molar-refractivity contribution >= 4 is 9.84 Å². The SMILES string of the molecule is CCC(C)(C)C1CCC(NC2CCS(=O)(=O)C2)CC1. The molecule has 19 heavy (non-hydrogen) atoms. The Balaban J connectivity index is 1.78. The van der Waals surface area contributed by atoms with Crippen LogP contribution >= 0.6 is 0 Å². The van der Waals surface area contributed by atoms with Crippen molar-refractivity contribution in [2.45, 2.75) is 71.4 Å². The van der Waals surface area contributed by atoms with Crippen LogP contribution in [-0.4, -0.2) is 32.0 Å². The Kier molecular flexibility index (Phi) is 4.61. The van der Waals surface area contributed by atoms with Crippen molar-refractivity contribution in [3.8, 4) is 0 Å². The van der Waals surface area contributed by atoms with Crippen molar-refractivity contribution in [2.24, 2.45) is 11.3 Å². The molecule has 2 aliphatic rings. The predicted molar refractivity (Wildman–Crippen MR) is 80.0 cm³/mol. The molecule has 0 amide bonds. The predicted octanol–water partition coefficient (Wildman–Crippen LogP) is 2.76. The molecule has 1 atom stereocenters. The van der Waals surface area contributed by atoms with Gasteiger partial charge in [0.2, 0.25) is 0 Å². The number of hydrogen-bond acceptors (Lipinski definition) is 3. The van der Waals surface area contributed by atoms with Crippen LogP contribution in [0.25, 0.3) is 0 Å². The van der Waals surface area contributed by atoms with Crippen molar-refractivity contribution in [2.75, 3.05) is 11.5 Å². The lowest BCUT2D eigenvalue weighted by atomic mass is 9.69. The molecule has 1 heterocycles. The lowest BCUT2D eigenvalue weighted by Gasteiger charge is -2.39. The van der Waals surface area contributed by atoms with E-state index in [4.69, 9.17) is 0 Å². The highest BCUT2D eigenvalue weighted by molar-refractivity contribution is 7.91. The highest BCUT2D eigenvalue weighted by Gasteiger charge is 2.34. The van der Waals surface area contributed by atoms with Gasteiger partial charge in [-0.3, -0.25) is 0 Å². The average Bonchev–Trinajstić information content (AvgIpc) is 2.69. The Labute approximate surface area is 118 Å². The second kappa shape index (κ2) is 5.72. The van der Waals surface area contributed by atoms with Crippen LogP contribution in [0.2, 0.25) is 0 Å². The zero-order valence-electron chi connectivity index (χ0n) is 12.6. The van der Waals surface area contributed by atoms with Crippen LogP contribution in [-0.2, 0) is 9.84 Å². The largest absolute Gasteiger partial charge is 0.310 e. The summed E-state index contributed by atoms with van der Waals surface area (Å²) in [7, 11) is -2.75. The Hall–Kier alpha value is -0.0900. The summed E-state index contributed by atoms with van der Waals surface area (Å²) in [6, 6.07) is 0.757. The first-order valence-corrected chi connectivity index (χ1v) is 9.61. The normalized spacial score (nSPS) is 35.4. The highest BCUT2D eigenvalue weighted by Crippen LogP contribution is 2.40. The standard InChI is InChI=1S/C15H29NO2S/c1-4-15(2,3)12-5-7-13(8-6-12)16-14-9-10-19(17,18)11-14/h12-14,16H,4-11H2,1-3H3. The molecule has 0 aromatic heterocycles. The van der Waals surface area contributed by atoms with E-state index in [1.807, 2.05) is 0 Å². The molecule has 2 fully saturated rings. The fourth-order valence-electron chi connectivity index (χ4n) is 3.59. The van der Waals surface area contributed by atoms with E-state index in [9.17, 15) is 8.42 Å². The zero-order chi connectivity index (χ0) is 14.1. The molecule has 3 nitrogen and oxygen atoms in total. The van der Waals surface area contributed by atoms with Crippen LogP contribution in [0.1, 0.15) is 59.3 Å². The molecule has 0 aromatic rings. The van der Waals surface area contributed by atoms with Crippen LogP contribution in [0.15, 0.2) is 0 Å². The first-order chi connectivity index (χ1) is 8.82. The van der Waals surface area contributed by atoms with Gasteiger partial charge in [0.05, 0.1) is 11.5 Å². The number of sulfone groups is 1. The first-order valence-electron chi connectivity index (χ1n) is 7.79. The summed E-state index contributed by atoms with van der Waals surface area (Å²) in [5.74, 6) is 1.57. The molecular weight excluding hydrogens is 258 g/mol. The maximum Gasteiger partial charge on any atom is 0.151 e. The fraction of sp³-hybridized carbons (Fsp3) is 1.00. The first kappa shape index (κ1) is 15.3. The van der Waals surface area contributed by atoms with Gasteiger partial charge in [-0.25, -0.2) is 8.42 Å². The van der Waals surface area contributed by atoms with Gasteiger partial charge in [-0.2, -0.15) is 0 Å². The Morgan fingerprint density at radius 1 is 1.05 bits per heavy atom. The molecule has 1 unspecified atom stereocenters. The van der Waals surface area contributed by atoms with E-state index in [0.29, 0.717) is 23.0 Å². The van der Waals surface area contributed by atoms with E-state index >= 15 is 0 Å². The van der Waals surface area contributed by atoms with Gasteiger partial charge in [0.1, 0.15) is 0 Å². The van der Waals surface area contributed by atoms with Gasteiger partial charge >= 0.3 is 0 Å². The molecule has 1 aliphatic carbocycles. The lowest BCUT2D eigenvalue weighted by molar-refractivity contribution is 0.134. The summed E-state index contributed by atoms with van der Waals surface area (Å²) < 4.78 is 22.9. The van der Waals surface area contributed by atoms with Crippen LogP contribution in [0.4, 0.5) is 0 Å². The lowest BCUT2D eigenvalue weighted by Crippen LogP contribution is -2.42. The minimum atomic E-state index is -2.75. The molecule has 1 aliphatic heterocycles. The van der Waals surface area contributed by atoms with Crippen molar-refractivity contribution in [1.29, 1.82) is 0 Å². The number of rotatable bonds is 4. The molecule has 4 heteroatoms. The van der Waals surface area contributed by atoms with Gasteiger partial charge in [-0.1, -0.05) is 27.2 Å². The van der Waals surface area contributed by atoms with E-state index in [1.165, 1.54) is 32.1 Å². The molecule has 2 rings (SSSR count). The van der Waals surface area contributed by atoms with Gasteiger partial charge in [0.15, 0.2) is 9.84 Å². The number of nitrogens with one attached hydrogen (secondary N) is 1. The summed E-state index contributed by atoms with van der Waals surface area (Å²) in [5, 5.41) is 3.58. The summed E-state index contributed by atoms with van der Waals surface area (Å²) >= 11 is 0. The zero-order valence-corrected chi connectivity index (χ0v) is 13.4. The minimum absolute atomic E-state index is 0.214. The average molecular weight is 287 g/mol. The summed E-state index contributed by atoms with van der Waals surface area (Å²) in [6.07, 6.45) is 7.06. The maximum absolute atomic E-state index is 11.5. The molecular formula is C15H29NO2S. The van der Waals surface area contributed by atoms with E-state index in [0.717, 1.165) is 12.3 Å². The molecule has 112 valence electrons. The molecule has 1 saturated heterocycles. The van der Waals surface area contributed by atoms with Gasteiger partial charge in [-0.15, -0.1) is 0 Å². The molecule has 0 aromatic carbocycles. The maximum atomic E-state index is 11.5. The summed E-state index contributed by atoms with van der Waals surface area (Å²) in [6.45, 7) is 7.05. The second-order valence-electron chi connectivity index (χ2n) is 7.16. The molecule has 0 spiro atoms. The second-order valence-corrected chi connectivity index (χ2v) is 9.39. The fourth-order valence-corrected chi connectivity index (χ4v) is 5.28. The Morgan fingerprint density at radius 3 is 2.16 bits per heavy atom. The van der Waals surface area contributed by atoms with Gasteiger partial charge < -0.3 is 5.32 Å². The van der Waals surface area contributed by atoms with E-state index in [-0.39, 0.29) is 6.04 Å². The third-order valence-electron chi connectivity index (χ3n) is 5.45. The van der Waals surface area contributed by atoms with Crippen molar-refractivity contribution in [3.05, 3.63) is 0 Å².